The summed E-state index contributed by atoms with van der Waals surface area (Å²) in [7, 11) is -3.63. The van der Waals surface area contributed by atoms with Gasteiger partial charge in [-0.05, 0) is 43.0 Å². The number of amides is 2. The molecule has 3 N–H and O–H groups in total. The minimum Gasteiger partial charge on any atom is -0.361 e. The first-order valence-corrected chi connectivity index (χ1v) is 12.1. The van der Waals surface area contributed by atoms with Crippen LogP contribution in [0.2, 0.25) is 0 Å². The normalized spacial score (nSPS) is 16.8. The quantitative estimate of drug-likeness (QED) is 0.473. The highest BCUT2D eigenvalue weighted by molar-refractivity contribution is 7.89. The number of hydrogen-bond acceptors (Lipinski definition) is 4. The predicted molar refractivity (Wildman–Crippen MR) is 121 cm³/mol. The molecule has 0 spiro atoms. The first-order chi connectivity index (χ1) is 15.5. The molecule has 32 heavy (non-hydrogen) atoms. The predicted octanol–water partition coefficient (Wildman–Crippen LogP) is 1.80. The largest absolute Gasteiger partial charge is 0.361 e. The van der Waals surface area contributed by atoms with E-state index in [1.807, 2.05) is 30.5 Å². The van der Waals surface area contributed by atoms with E-state index in [1.54, 1.807) is 30.3 Å². The molecule has 1 atom stereocenters. The van der Waals surface area contributed by atoms with Crippen LogP contribution in [0.4, 0.5) is 0 Å². The van der Waals surface area contributed by atoms with Crippen LogP contribution in [0.3, 0.4) is 0 Å². The van der Waals surface area contributed by atoms with Crippen molar-refractivity contribution >= 4 is 32.7 Å². The zero-order valence-corrected chi connectivity index (χ0v) is 18.4. The van der Waals surface area contributed by atoms with Crippen molar-refractivity contribution in [3.05, 3.63) is 66.4 Å². The lowest BCUT2D eigenvalue weighted by atomic mass is 10.1. The fourth-order valence-electron chi connectivity index (χ4n) is 4.08. The van der Waals surface area contributed by atoms with E-state index in [0.29, 0.717) is 32.4 Å². The van der Waals surface area contributed by atoms with Gasteiger partial charge in [-0.15, -0.1) is 0 Å². The van der Waals surface area contributed by atoms with Crippen LogP contribution in [0.15, 0.2) is 65.7 Å². The van der Waals surface area contributed by atoms with Crippen LogP contribution >= 0.6 is 0 Å². The van der Waals surface area contributed by atoms with Gasteiger partial charge < -0.3 is 15.6 Å². The summed E-state index contributed by atoms with van der Waals surface area (Å²) >= 11 is 0. The Morgan fingerprint density at radius 3 is 2.53 bits per heavy atom. The third-order valence-electron chi connectivity index (χ3n) is 5.73. The number of hydrogen-bond donors (Lipinski definition) is 3. The van der Waals surface area contributed by atoms with Gasteiger partial charge in [0.2, 0.25) is 10.0 Å². The van der Waals surface area contributed by atoms with Gasteiger partial charge in [0.15, 0.2) is 0 Å². The first-order valence-electron chi connectivity index (χ1n) is 10.6. The fraction of sp³-hybridized carbons (Fsp3) is 0.304. The third-order valence-corrected chi connectivity index (χ3v) is 7.70. The lowest BCUT2D eigenvalue weighted by Gasteiger charge is -2.24. The Balaban J connectivity index is 1.27. The highest BCUT2D eigenvalue weighted by atomic mass is 32.2. The number of carbonyl (C=O) groups is 2. The Labute approximate surface area is 187 Å². The lowest BCUT2D eigenvalue weighted by molar-refractivity contribution is -0.139. The van der Waals surface area contributed by atoms with E-state index in [9.17, 15) is 18.0 Å². The number of rotatable bonds is 7. The molecule has 1 aliphatic rings. The van der Waals surface area contributed by atoms with Crippen LogP contribution in [0, 0.1) is 0 Å². The number of aromatic amines is 1. The average molecular weight is 455 g/mol. The molecule has 0 unspecified atom stereocenters. The molecule has 9 heteroatoms. The molecule has 3 aromatic rings. The molecular formula is C23H26N4O4S. The van der Waals surface area contributed by atoms with E-state index in [4.69, 9.17) is 0 Å². The number of para-hydroxylation sites is 1. The Bertz CT molecular complexity index is 1210. The molecule has 0 bridgehead atoms. The summed E-state index contributed by atoms with van der Waals surface area (Å²) in [6.07, 6.45) is 3.84. The molecule has 1 saturated heterocycles. The van der Waals surface area contributed by atoms with Gasteiger partial charge in [0.05, 0.1) is 4.90 Å². The second-order valence-corrected chi connectivity index (χ2v) is 9.69. The number of H-pyrrole nitrogens is 1. The SMILES string of the molecule is O=C(NCCc1c[nH]c2ccccc12)C(=O)NC[C@@H]1CCCN1S(=O)(=O)c1ccccc1. The van der Waals surface area contributed by atoms with Crippen LogP contribution in [-0.2, 0) is 26.0 Å². The molecule has 2 amide bonds. The third kappa shape index (κ3) is 4.68. The van der Waals surface area contributed by atoms with Gasteiger partial charge >= 0.3 is 11.8 Å². The Morgan fingerprint density at radius 2 is 1.72 bits per heavy atom. The fourth-order valence-corrected chi connectivity index (χ4v) is 5.79. The topological polar surface area (TPSA) is 111 Å². The number of nitrogens with one attached hydrogen (secondary N) is 3. The van der Waals surface area contributed by atoms with Crippen LogP contribution < -0.4 is 10.6 Å². The van der Waals surface area contributed by atoms with Crippen molar-refractivity contribution in [1.82, 2.24) is 19.9 Å². The average Bonchev–Trinajstić information content (AvgIpc) is 3.45. The summed E-state index contributed by atoms with van der Waals surface area (Å²) in [6, 6.07) is 15.8. The van der Waals surface area contributed by atoms with Crippen molar-refractivity contribution in [3.63, 3.8) is 0 Å². The first kappa shape index (κ1) is 22.0. The van der Waals surface area contributed by atoms with E-state index in [-0.39, 0.29) is 17.5 Å². The Kier molecular flexibility index (Phi) is 6.57. The molecule has 0 radical (unpaired) electrons. The van der Waals surface area contributed by atoms with Gasteiger partial charge in [0.1, 0.15) is 0 Å². The molecular weight excluding hydrogens is 428 g/mol. The number of sulfonamides is 1. The number of nitrogens with zero attached hydrogens (tertiary/aromatic N) is 1. The van der Waals surface area contributed by atoms with Crippen molar-refractivity contribution in [2.24, 2.45) is 0 Å². The zero-order chi connectivity index (χ0) is 22.6. The molecule has 1 fully saturated rings. The summed E-state index contributed by atoms with van der Waals surface area (Å²) in [4.78, 5) is 27.8. The van der Waals surface area contributed by atoms with E-state index >= 15 is 0 Å². The smallest absolute Gasteiger partial charge is 0.309 e. The van der Waals surface area contributed by atoms with Gasteiger partial charge in [-0.2, -0.15) is 4.31 Å². The van der Waals surface area contributed by atoms with Crippen LogP contribution in [0.5, 0.6) is 0 Å². The maximum atomic E-state index is 12.9. The Hall–Kier alpha value is -3.17. The minimum absolute atomic E-state index is 0.0980. The summed E-state index contributed by atoms with van der Waals surface area (Å²) < 4.78 is 27.2. The van der Waals surface area contributed by atoms with E-state index < -0.39 is 21.8 Å². The molecule has 168 valence electrons. The molecule has 0 aliphatic carbocycles. The second-order valence-electron chi connectivity index (χ2n) is 7.80. The monoisotopic (exact) mass is 454 g/mol. The standard InChI is InChI=1S/C23H26N4O4S/c28-22(24-13-12-17-15-25-21-11-5-4-10-20(17)21)23(29)26-16-18-7-6-14-27(18)32(30,31)19-8-2-1-3-9-19/h1-5,8-11,15,18,25H,6-7,12-14,16H2,(H,24,28)(H,26,29)/t18-/m0/s1. The zero-order valence-electron chi connectivity index (χ0n) is 17.6. The van der Waals surface area contributed by atoms with Crippen LogP contribution in [-0.4, -0.2) is 55.2 Å². The summed E-state index contributed by atoms with van der Waals surface area (Å²) in [5, 5.41) is 6.31. The molecule has 1 aliphatic heterocycles. The lowest BCUT2D eigenvalue weighted by Crippen LogP contribution is -2.47. The van der Waals surface area contributed by atoms with Crippen molar-refractivity contribution in [2.75, 3.05) is 19.6 Å². The highest BCUT2D eigenvalue weighted by Gasteiger charge is 2.35. The van der Waals surface area contributed by atoms with Crippen LogP contribution in [0.25, 0.3) is 10.9 Å². The van der Waals surface area contributed by atoms with E-state index in [2.05, 4.69) is 15.6 Å². The van der Waals surface area contributed by atoms with Gasteiger partial charge in [-0.25, -0.2) is 8.42 Å². The highest BCUT2D eigenvalue weighted by Crippen LogP contribution is 2.25. The van der Waals surface area contributed by atoms with Crippen molar-refractivity contribution in [3.8, 4) is 0 Å². The molecule has 2 aromatic carbocycles. The van der Waals surface area contributed by atoms with Gasteiger partial charge in [-0.3, -0.25) is 9.59 Å². The molecule has 0 saturated carbocycles. The second kappa shape index (κ2) is 9.54. The molecule has 8 nitrogen and oxygen atoms in total. The number of carbonyl (C=O) groups excluding carboxylic acids is 2. The number of fused-ring (bicyclic) bond motifs is 1. The molecule has 4 rings (SSSR count). The Morgan fingerprint density at radius 1 is 1.00 bits per heavy atom. The van der Waals surface area contributed by atoms with Crippen molar-refractivity contribution < 1.29 is 18.0 Å². The van der Waals surface area contributed by atoms with E-state index in [0.717, 1.165) is 16.5 Å². The van der Waals surface area contributed by atoms with Crippen molar-refractivity contribution in [1.29, 1.82) is 0 Å². The number of aromatic nitrogens is 1. The summed E-state index contributed by atoms with van der Waals surface area (Å²) in [6.45, 7) is 0.821. The molecule has 1 aromatic heterocycles. The maximum absolute atomic E-state index is 12.9. The summed E-state index contributed by atoms with van der Waals surface area (Å²) in [5.74, 6) is -1.48. The number of benzene rings is 2. The summed E-state index contributed by atoms with van der Waals surface area (Å²) in [5.41, 5.74) is 2.09. The molecule has 2 heterocycles. The van der Waals surface area contributed by atoms with Gasteiger partial charge in [0.25, 0.3) is 0 Å². The maximum Gasteiger partial charge on any atom is 0.309 e. The van der Waals surface area contributed by atoms with Gasteiger partial charge in [0, 0.05) is 42.8 Å². The van der Waals surface area contributed by atoms with Crippen LogP contribution in [0.1, 0.15) is 18.4 Å². The van der Waals surface area contributed by atoms with Gasteiger partial charge in [-0.1, -0.05) is 36.4 Å². The van der Waals surface area contributed by atoms with Crippen molar-refractivity contribution in [2.45, 2.75) is 30.2 Å². The minimum atomic E-state index is -3.63. The van der Waals surface area contributed by atoms with E-state index in [1.165, 1.54) is 4.31 Å².